The predicted octanol–water partition coefficient (Wildman–Crippen LogP) is 3.75. The number of piperidine rings is 1. The molecule has 3 heteroatoms. The molecule has 2 aromatic rings. The summed E-state index contributed by atoms with van der Waals surface area (Å²) in [7, 11) is 0. The largest absolute Gasteiger partial charge is 0.388 e. The summed E-state index contributed by atoms with van der Waals surface area (Å²) in [6.07, 6.45) is 2.73. The van der Waals surface area contributed by atoms with E-state index >= 15 is 0 Å². The SMILES string of the molecule is CC(CC(O)c1ccccc1)NC1CCN(Cc2ccccc2)CC1. The molecule has 0 spiro atoms. The highest BCUT2D eigenvalue weighted by molar-refractivity contribution is 5.17. The van der Waals surface area contributed by atoms with E-state index in [0.717, 1.165) is 31.6 Å². The van der Waals surface area contributed by atoms with Crippen LogP contribution in [0.4, 0.5) is 0 Å². The summed E-state index contributed by atoms with van der Waals surface area (Å²) in [5.41, 5.74) is 2.40. The zero-order chi connectivity index (χ0) is 17.5. The average molecular weight is 338 g/mol. The van der Waals surface area contributed by atoms with Crippen LogP contribution >= 0.6 is 0 Å². The molecule has 0 saturated carbocycles. The van der Waals surface area contributed by atoms with Gasteiger partial charge < -0.3 is 10.4 Å². The van der Waals surface area contributed by atoms with Crippen LogP contribution in [0.15, 0.2) is 60.7 Å². The van der Waals surface area contributed by atoms with Crippen LogP contribution in [0, 0.1) is 0 Å². The molecule has 134 valence electrons. The molecule has 1 heterocycles. The number of benzene rings is 2. The molecule has 0 aromatic heterocycles. The maximum Gasteiger partial charge on any atom is 0.0804 e. The highest BCUT2D eigenvalue weighted by atomic mass is 16.3. The van der Waals surface area contributed by atoms with E-state index < -0.39 is 0 Å². The fraction of sp³-hybridized carbons (Fsp3) is 0.455. The molecule has 2 N–H and O–H groups in total. The standard InChI is InChI=1S/C22H30N2O/c1-18(16-22(25)20-10-6-3-7-11-20)23-21-12-14-24(15-13-21)17-19-8-4-2-5-9-19/h2-11,18,21-23,25H,12-17H2,1H3. The predicted molar refractivity (Wildman–Crippen MR) is 103 cm³/mol. The van der Waals surface area contributed by atoms with Crippen molar-refractivity contribution < 1.29 is 5.11 Å². The van der Waals surface area contributed by atoms with E-state index in [1.54, 1.807) is 0 Å². The van der Waals surface area contributed by atoms with Crippen molar-refractivity contribution in [1.82, 2.24) is 10.2 Å². The highest BCUT2D eigenvalue weighted by Crippen LogP contribution is 2.19. The molecular weight excluding hydrogens is 308 g/mol. The van der Waals surface area contributed by atoms with Crippen LogP contribution in [-0.2, 0) is 6.54 Å². The van der Waals surface area contributed by atoms with E-state index in [4.69, 9.17) is 0 Å². The van der Waals surface area contributed by atoms with E-state index in [9.17, 15) is 5.11 Å². The third-order valence-electron chi connectivity index (χ3n) is 5.12. The molecule has 3 rings (SSSR count). The Morgan fingerprint density at radius 1 is 1.00 bits per heavy atom. The van der Waals surface area contributed by atoms with Crippen molar-refractivity contribution in [2.75, 3.05) is 13.1 Å². The molecule has 0 aliphatic carbocycles. The number of nitrogens with zero attached hydrogens (tertiary/aromatic N) is 1. The maximum atomic E-state index is 10.4. The minimum absolute atomic E-state index is 0.320. The van der Waals surface area contributed by atoms with E-state index in [0.29, 0.717) is 12.1 Å². The van der Waals surface area contributed by atoms with Crippen LogP contribution < -0.4 is 5.32 Å². The van der Waals surface area contributed by atoms with Crippen LogP contribution in [0.1, 0.15) is 43.4 Å². The molecule has 1 saturated heterocycles. The van der Waals surface area contributed by atoms with Gasteiger partial charge in [0, 0.05) is 18.6 Å². The van der Waals surface area contributed by atoms with Crippen LogP contribution in [0.25, 0.3) is 0 Å². The lowest BCUT2D eigenvalue weighted by atomic mass is 9.99. The molecule has 1 aliphatic rings. The molecular formula is C22H30N2O. The van der Waals surface area contributed by atoms with Gasteiger partial charge in [-0.05, 0) is 50.4 Å². The lowest BCUT2D eigenvalue weighted by Crippen LogP contribution is -2.45. The Hall–Kier alpha value is -1.68. The Morgan fingerprint density at radius 2 is 1.60 bits per heavy atom. The lowest BCUT2D eigenvalue weighted by Gasteiger charge is -2.34. The first-order chi connectivity index (χ1) is 12.2. The molecule has 25 heavy (non-hydrogen) atoms. The molecule has 2 aromatic carbocycles. The first kappa shape index (κ1) is 18.1. The summed E-state index contributed by atoms with van der Waals surface area (Å²) < 4.78 is 0. The fourth-order valence-electron chi connectivity index (χ4n) is 3.72. The summed E-state index contributed by atoms with van der Waals surface area (Å²) in [4.78, 5) is 2.54. The van der Waals surface area contributed by atoms with Gasteiger partial charge in [0.05, 0.1) is 6.10 Å². The Kier molecular flexibility index (Phi) is 6.62. The molecule has 1 aliphatic heterocycles. The minimum atomic E-state index is -0.387. The van der Waals surface area contributed by atoms with Crippen LogP contribution in [0.2, 0.25) is 0 Å². The van der Waals surface area contributed by atoms with Crippen LogP contribution in [-0.4, -0.2) is 35.2 Å². The van der Waals surface area contributed by atoms with Gasteiger partial charge in [0.25, 0.3) is 0 Å². The van der Waals surface area contributed by atoms with Crippen LogP contribution in [0.5, 0.6) is 0 Å². The summed E-state index contributed by atoms with van der Waals surface area (Å²) in [5, 5.41) is 14.1. The van der Waals surface area contributed by atoms with Crippen LogP contribution in [0.3, 0.4) is 0 Å². The Bertz CT molecular complexity index is 608. The average Bonchev–Trinajstić information content (AvgIpc) is 2.65. The Morgan fingerprint density at radius 3 is 2.24 bits per heavy atom. The molecule has 3 nitrogen and oxygen atoms in total. The second kappa shape index (κ2) is 9.14. The Balaban J connectivity index is 1.39. The van der Waals surface area contributed by atoms with Crippen molar-refractivity contribution in [1.29, 1.82) is 0 Å². The number of aliphatic hydroxyl groups excluding tert-OH is 1. The zero-order valence-electron chi connectivity index (χ0n) is 15.1. The zero-order valence-corrected chi connectivity index (χ0v) is 15.1. The van der Waals surface area contributed by atoms with Crippen molar-refractivity contribution in [3.8, 4) is 0 Å². The number of aliphatic hydroxyl groups is 1. The number of likely N-dealkylation sites (tertiary alicyclic amines) is 1. The second-order valence-corrected chi connectivity index (χ2v) is 7.27. The molecule has 0 amide bonds. The van der Waals surface area contributed by atoms with Crippen molar-refractivity contribution in [3.63, 3.8) is 0 Å². The normalized spacial score (nSPS) is 18.8. The smallest absolute Gasteiger partial charge is 0.0804 e. The number of nitrogens with one attached hydrogen (secondary N) is 1. The van der Waals surface area contributed by atoms with E-state index in [-0.39, 0.29) is 6.10 Å². The topological polar surface area (TPSA) is 35.5 Å². The van der Waals surface area contributed by atoms with Gasteiger partial charge >= 0.3 is 0 Å². The van der Waals surface area contributed by atoms with Gasteiger partial charge in [-0.25, -0.2) is 0 Å². The van der Waals surface area contributed by atoms with Crippen molar-refractivity contribution in [2.24, 2.45) is 0 Å². The molecule has 0 bridgehead atoms. The molecule has 2 atom stereocenters. The monoisotopic (exact) mass is 338 g/mol. The van der Waals surface area contributed by atoms with Gasteiger partial charge in [-0.15, -0.1) is 0 Å². The van der Waals surface area contributed by atoms with Gasteiger partial charge in [-0.3, -0.25) is 4.90 Å². The van der Waals surface area contributed by atoms with Crippen molar-refractivity contribution >= 4 is 0 Å². The Labute approximate surface area is 151 Å². The summed E-state index contributed by atoms with van der Waals surface area (Å²) in [5.74, 6) is 0. The third kappa shape index (κ3) is 5.67. The van der Waals surface area contributed by atoms with Gasteiger partial charge in [0.2, 0.25) is 0 Å². The first-order valence-electron chi connectivity index (χ1n) is 9.46. The summed E-state index contributed by atoms with van der Waals surface area (Å²) >= 11 is 0. The summed E-state index contributed by atoms with van der Waals surface area (Å²) in [6.45, 7) is 5.51. The van der Waals surface area contributed by atoms with Gasteiger partial charge in [0.1, 0.15) is 0 Å². The van der Waals surface area contributed by atoms with E-state index in [1.165, 1.54) is 18.4 Å². The third-order valence-corrected chi connectivity index (χ3v) is 5.12. The second-order valence-electron chi connectivity index (χ2n) is 7.27. The quantitative estimate of drug-likeness (QED) is 0.807. The van der Waals surface area contributed by atoms with Crippen molar-refractivity contribution in [3.05, 3.63) is 71.8 Å². The number of rotatable bonds is 7. The van der Waals surface area contributed by atoms with Crippen molar-refractivity contribution in [2.45, 2.75) is 50.9 Å². The highest BCUT2D eigenvalue weighted by Gasteiger charge is 2.21. The van der Waals surface area contributed by atoms with Gasteiger partial charge in [0.15, 0.2) is 0 Å². The minimum Gasteiger partial charge on any atom is -0.388 e. The first-order valence-corrected chi connectivity index (χ1v) is 9.46. The van der Waals surface area contributed by atoms with Gasteiger partial charge in [-0.1, -0.05) is 60.7 Å². The maximum absolute atomic E-state index is 10.4. The van der Waals surface area contributed by atoms with E-state index in [2.05, 4.69) is 47.5 Å². The number of hydrogen-bond donors (Lipinski definition) is 2. The summed E-state index contributed by atoms with van der Waals surface area (Å²) in [6, 6.07) is 21.6. The molecule has 2 unspecified atom stereocenters. The number of hydrogen-bond acceptors (Lipinski definition) is 3. The lowest BCUT2D eigenvalue weighted by molar-refractivity contribution is 0.141. The van der Waals surface area contributed by atoms with E-state index in [1.807, 2.05) is 30.3 Å². The molecule has 1 fully saturated rings. The van der Waals surface area contributed by atoms with Gasteiger partial charge in [-0.2, -0.15) is 0 Å². The fourth-order valence-corrected chi connectivity index (χ4v) is 3.72. The molecule has 0 radical (unpaired) electrons.